The molecule has 1 N–H and O–H groups in total. The molecule has 0 aliphatic carbocycles. The summed E-state index contributed by atoms with van der Waals surface area (Å²) in [7, 11) is 3.48. The zero-order chi connectivity index (χ0) is 13.1. The number of rotatable bonds is 5. The predicted molar refractivity (Wildman–Crippen MR) is 68.9 cm³/mol. The Hall–Kier alpha value is -1.82. The van der Waals surface area contributed by atoms with Crippen molar-refractivity contribution in [2.75, 3.05) is 7.11 Å². The molecule has 18 heavy (non-hydrogen) atoms. The van der Waals surface area contributed by atoms with Crippen molar-refractivity contribution in [3.63, 3.8) is 0 Å². The second-order valence-corrected chi connectivity index (χ2v) is 4.48. The molecule has 6 heteroatoms. The molecule has 0 spiro atoms. The Bertz CT molecular complexity index is 514. The summed E-state index contributed by atoms with van der Waals surface area (Å²) < 4.78 is 8.77. The molecule has 0 saturated carbocycles. The molecule has 0 amide bonds. The third-order valence-corrected chi connectivity index (χ3v) is 2.63. The lowest BCUT2D eigenvalue weighted by atomic mass is 10.3. The molecule has 2 aromatic rings. The van der Waals surface area contributed by atoms with Crippen LogP contribution < -0.4 is 10.1 Å². The smallest absolute Gasteiger partial charge is 0.213 e. The van der Waals surface area contributed by atoms with Gasteiger partial charge in [-0.2, -0.15) is 5.10 Å². The Morgan fingerprint density at radius 3 is 2.83 bits per heavy atom. The van der Waals surface area contributed by atoms with E-state index in [0.717, 1.165) is 23.9 Å². The Labute approximate surface area is 107 Å². The minimum Gasteiger partial charge on any atom is -0.481 e. The van der Waals surface area contributed by atoms with Gasteiger partial charge in [0.2, 0.25) is 5.88 Å². The van der Waals surface area contributed by atoms with Crippen LogP contribution in [0.3, 0.4) is 0 Å². The minimum absolute atomic E-state index is 0.449. The van der Waals surface area contributed by atoms with Crippen LogP contribution in [0.25, 0.3) is 5.82 Å². The molecule has 0 aliphatic heterocycles. The quantitative estimate of drug-likeness (QED) is 0.862. The van der Waals surface area contributed by atoms with Gasteiger partial charge in [-0.25, -0.2) is 9.67 Å². The molecule has 0 atom stereocenters. The van der Waals surface area contributed by atoms with Crippen LogP contribution in [0, 0.1) is 0 Å². The summed E-state index contributed by atoms with van der Waals surface area (Å²) in [6.07, 6.45) is 3.73. The number of ether oxygens (including phenoxy) is 1. The van der Waals surface area contributed by atoms with Gasteiger partial charge in [-0.3, -0.25) is 4.57 Å². The second-order valence-electron chi connectivity index (χ2n) is 4.48. The van der Waals surface area contributed by atoms with Crippen molar-refractivity contribution in [1.29, 1.82) is 0 Å². The van der Waals surface area contributed by atoms with Crippen molar-refractivity contribution in [1.82, 2.24) is 24.6 Å². The first-order valence-electron chi connectivity index (χ1n) is 5.95. The SMILES string of the molecule is COc1cc(-n2cnc(CNC(C)C)c2)nn1C. The highest BCUT2D eigenvalue weighted by molar-refractivity contribution is 5.29. The normalized spacial score (nSPS) is 11.2. The van der Waals surface area contributed by atoms with Crippen molar-refractivity contribution in [2.45, 2.75) is 26.4 Å². The van der Waals surface area contributed by atoms with Crippen LogP contribution in [0.4, 0.5) is 0 Å². The maximum absolute atomic E-state index is 5.19. The van der Waals surface area contributed by atoms with Gasteiger partial charge in [0.15, 0.2) is 5.82 Å². The summed E-state index contributed by atoms with van der Waals surface area (Å²) >= 11 is 0. The number of hydrogen-bond donors (Lipinski definition) is 1. The van der Waals surface area contributed by atoms with Gasteiger partial charge < -0.3 is 10.1 Å². The van der Waals surface area contributed by atoms with Crippen LogP contribution >= 0.6 is 0 Å². The first-order valence-corrected chi connectivity index (χ1v) is 5.95. The molecule has 0 aliphatic rings. The van der Waals surface area contributed by atoms with E-state index in [1.807, 2.05) is 23.9 Å². The van der Waals surface area contributed by atoms with E-state index in [4.69, 9.17) is 4.74 Å². The Morgan fingerprint density at radius 2 is 2.22 bits per heavy atom. The van der Waals surface area contributed by atoms with Gasteiger partial charge in [-0.1, -0.05) is 13.8 Å². The average Bonchev–Trinajstić information content (AvgIpc) is 2.92. The molecule has 2 heterocycles. The van der Waals surface area contributed by atoms with E-state index in [1.165, 1.54) is 0 Å². The number of nitrogens with zero attached hydrogens (tertiary/aromatic N) is 4. The molecule has 0 unspecified atom stereocenters. The van der Waals surface area contributed by atoms with Gasteiger partial charge in [-0.05, 0) is 0 Å². The Morgan fingerprint density at radius 1 is 1.44 bits per heavy atom. The summed E-state index contributed by atoms with van der Waals surface area (Å²) in [5.74, 6) is 1.53. The summed E-state index contributed by atoms with van der Waals surface area (Å²) in [5.41, 5.74) is 0.994. The fraction of sp³-hybridized carbons (Fsp3) is 0.500. The van der Waals surface area contributed by atoms with Gasteiger partial charge in [0, 0.05) is 31.9 Å². The topological polar surface area (TPSA) is 56.9 Å². The summed E-state index contributed by atoms with van der Waals surface area (Å²) in [4.78, 5) is 4.34. The molecular formula is C12H19N5O. The van der Waals surface area contributed by atoms with Crippen molar-refractivity contribution in [3.8, 4) is 11.7 Å². The summed E-state index contributed by atoms with van der Waals surface area (Å²) in [6, 6.07) is 2.33. The van der Waals surface area contributed by atoms with E-state index in [9.17, 15) is 0 Å². The molecule has 0 radical (unpaired) electrons. The maximum atomic E-state index is 5.19. The van der Waals surface area contributed by atoms with Crippen LogP contribution in [0.2, 0.25) is 0 Å². The molecule has 0 bridgehead atoms. The van der Waals surface area contributed by atoms with E-state index in [0.29, 0.717) is 6.04 Å². The lowest BCUT2D eigenvalue weighted by Crippen LogP contribution is -2.21. The third kappa shape index (κ3) is 2.70. The molecule has 2 aromatic heterocycles. The van der Waals surface area contributed by atoms with Gasteiger partial charge in [0.25, 0.3) is 0 Å². The summed E-state index contributed by atoms with van der Waals surface area (Å²) in [6.45, 7) is 4.98. The lowest BCUT2D eigenvalue weighted by molar-refractivity contribution is 0.373. The van der Waals surface area contributed by atoms with Crippen LogP contribution in [0.15, 0.2) is 18.6 Å². The van der Waals surface area contributed by atoms with Crippen molar-refractivity contribution in [3.05, 3.63) is 24.3 Å². The van der Waals surface area contributed by atoms with Gasteiger partial charge in [0.05, 0.1) is 12.8 Å². The van der Waals surface area contributed by atoms with E-state index >= 15 is 0 Å². The largest absolute Gasteiger partial charge is 0.481 e. The number of aryl methyl sites for hydroxylation is 1. The highest BCUT2D eigenvalue weighted by atomic mass is 16.5. The number of imidazole rings is 1. The zero-order valence-corrected chi connectivity index (χ0v) is 11.2. The number of aromatic nitrogens is 4. The molecular weight excluding hydrogens is 230 g/mol. The van der Waals surface area contributed by atoms with Gasteiger partial charge in [-0.15, -0.1) is 0 Å². The second kappa shape index (κ2) is 5.22. The first kappa shape index (κ1) is 12.6. The Kier molecular flexibility index (Phi) is 3.66. The average molecular weight is 249 g/mol. The van der Waals surface area contributed by atoms with Crippen LogP contribution in [-0.2, 0) is 13.6 Å². The van der Waals surface area contributed by atoms with Crippen molar-refractivity contribution < 1.29 is 4.74 Å². The molecule has 6 nitrogen and oxygen atoms in total. The van der Waals surface area contributed by atoms with E-state index in [2.05, 4.69) is 29.2 Å². The lowest BCUT2D eigenvalue weighted by Gasteiger charge is -2.04. The monoisotopic (exact) mass is 249 g/mol. The van der Waals surface area contributed by atoms with E-state index in [1.54, 1.807) is 18.1 Å². The van der Waals surface area contributed by atoms with Gasteiger partial charge in [0.1, 0.15) is 6.33 Å². The van der Waals surface area contributed by atoms with Crippen molar-refractivity contribution >= 4 is 0 Å². The number of nitrogens with one attached hydrogen (secondary N) is 1. The minimum atomic E-state index is 0.449. The fourth-order valence-corrected chi connectivity index (χ4v) is 1.64. The standard InChI is InChI=1S/C12H19N5O/c1-9(2)13-6-10-7-17(8-14-10)11-5-12(18-4)16(3)15-11/h5,7-9,13H,6H2,1-4H3. The molecule has 0 saturated heterocycles. The van der Waals surface area contributed by atoms with Crippen LogP contribution in [-0.4, -0.2) is 32.5 Å². The molecule has 0 fully saturated rings. The highest BCUT2D eigenvalue weighted by Gasteiger charge is 2.08. The van der Waals surface area contributed by atoms with Gasteiger partial charge >= 0.3 is 0 Å². The zero-order valence-electron chi connectivity index (χ0n) is 11.2. The highest BCUT2D eigenvalue weighted by Crippen LogP contribution is 2.15. The molecule has 98 valence electrons. The van der Waals surface area contributed by atoms with Crippen molar-refractivity contribution in [2.24, 2.45) is 7.05 Å². The van der Waals surface area contributed by atoms with Crippen LogP contribution in [0.5, 0.6) is 5.88 Å². The van der Waals surface area contributed by atoms with E-state index in [-0.39, 0.29) is 0 Å². The Balaban J connectivity index is 2.13. The maximum Gasteiger partial charge on any atom is 0.213 e. The molecule has 2 rings (SSSR count). The van der Waals surface area contributed by atoms with Crippen LogP contribution in [0.1, 0.15) is 19.5 Å². The fourth-order valence-electron chi connectivity index (χ4n) is 1.64. The summed E-state index contributed by atoms with van der Waals surface area (Å²) in [5, 5.41) is 7.68. The molecule has 0 aromatic carbocycles. The number of methoxy groups -OCH3 is 1. The first-order chi connectivity index (χ1) is 8.60. The predicted octanol–water partition coefficient (Wildman–Crippen LogP) is 1.11. The number of hydrogen-bond acceptors (Lipinski definition) is 4. The third-order valence-electron chi connectivity index (χ3n) is 2.63. The van der Waals surface area contributed by atoms with E-state index < -0.39 is 0 Å².